The summed E-state index contributed by atoms with van der Waals surface area (Å²) >= 11 is 0. The highest BCUT2D eigenvalue weighted by molar-refractivity contribution is 5.78. The SMILES string of the molecule is O=C(CN1CCN(C2CCCC2)CC1)N1CCCCCC1. The lowest BCUT2D eigenvalue weighted by molar-refractivity contribution is -0.132. The van der Waals surface area contributed by atoms with E-state index < -0.39 is 0 Å². The molecule has 1 aliphatic carbocycles. The molecule has 3 fully saturated rings. The molecule has 0 aromatic carbocycles. The Labute approximate surface area is 129 Å². The maximum absolute atomic E-state index is 12.4. The van der Waals surface area contributed by atoms with Gasteiger partial charge in [0.15, 0.2) is 0 Å². The van der Waals surface area contributed by atoms with Crippen molar-refractivity contribution in [2.24, 2.45) is 0 Å². The first-order valence-corrected chi connectivity index (χ1v) is 9.07. The van der Waals surface area contributed by atoms with Gasteiger partial charge in [-0.25, -0.2) is 0 Å². The topological polar surface area (TPSA) is 26.8 Å². The molecule has 2 heterocycles. The highest BCUT2D eigenvalue weighted by atomic mass is 16.2. The largest absolute Gasteiger partial charge is 0.342 e. The number of nitrogens with zero attached hydrogens (tertiary/aromatic N) is 3. The number of rotatable bonds is 3. The molecule has 0 unspecified atom stereocenters. The van der Waals surface area contributed by atoms with Gasteiger partial charge in [0.25, 0.3) is 0 Å². The van der Waals surface area contributed by atoms with Crippen LogP contribution in [0.25, 0.3) is 0 Å². The fraction of sp³-hybridized carbons (Fsp3) is 0.941. The number of piperazine rings is 1. The van der Waals surface area contributed by atoms with E-state index in [0.29, 0.717) is 12.5 Å². The lowest BCUT2D eigenvalue weighted by atomic mass is 10.2. The summed E-state index contributed by atoms with van der Waals surface area (Å²) in [6, 6.07) is 0.841. The van der Waals surface area contributed by atoms with Gasteiger partial charge >= 0.3 is 0 Å². The van der Waals surface area contributed by atoms with Crippen LogP contribution in [0.2, 0.25) is 0 Å². The second kappa shape index (κ2) is 7.59. The summed E-state index contributed by atoms with van der Waals surface area (Å²) in [7, 11) is 0. The van der Waals surface area contributed by atoms with Gasteiger partial charge in [-0.2, -0.15) is 0 Å². The number of likely N-dealkylation sites (tertiary alicyclic amines) is 1. The average Bonchev–Trinajstić information content (AvgIpc) is 2.90. The van der Waals surface area contributed by atoms with Crippen molar-refractivity contribution >= 4 is 5.91 Å². The maximum atomic E-state index is 12.4. The number of carbonyl (C=O) groups excluding carboxylic acids is 1. The van der Waals surface area contributed by atoms with Crippen LogP contribution >= 0.6 is 0 Å². The van der Waals surface area contributed by atoms with Crippen molar-refractivity contribution < 1.29 is 4.79 Å². The summed E-state index contributed by atoms with van der Waals surface area (Å²) in [4.78, 5) is 19.6. The smallest absolute Gasteiger partial charge is 0.236 e. The molecule has 0 aromatic rings. The van der Waals surface area contributed by atoms with E-state index in [2.05, 4.69) is 14.7 Å². The van der Waals surface area contributed by atoms with Gasteiger partial charge in [-0.05, 0) is 25.7 Å². The van der Waals surface area contributed by atoms with Gasteiger partial charge in [0.2, 0.25) is 5.91 Å². The Morgan fingerprint density at radius 2 is 1.38 bits per heavy atom. The first kappa shape index (κ1) is 15.3. The quantitative estimate of drug-likeness (QED) is 0.796. The fourth-order valence-corrected chi connectivity index (χ4v) is 4.17. The Bertz CT molecular complexity index is 325. The first-order chi connectivity index (χ1) is 10.3. The Morgan fingerprint density at radius 1 is 0.762 bits per heavy atom. The Balaban J connectivity index is 1.40. The van der Waals surface area contributed by atoms with Gasteiger partial charge in [-0.3, -0.25) is 14.6 Å². The zero-order valence-corrected chi connectivity index (χ0v) is 13.4. The molecule has 0 aromatic heterocycles. The molecule has 1 amide bonds. The lowest BCUT2D eigenvalue weighted by Crippen LogP contribution is -2.52. The second-order valence-corrected chi connectivity index (χ2v) is 7.05. The minimum Gasteiger partial charge on any atom is -0.342 e. The standard InChI is InChI=1S/C17H31N3O/c21-17(20-9-5-1-2-6-10-20)15-18-11-13-19(14-12-18)16-7-3-4-8-16/h16H,1-15H2. The van der Waals surface area contributed by atoms with Crippen LogP contribution in [0.3, 0.4) is 0 Å². The van der Waals surface area contributed by atoms with E-state index in [0.717, 1.165) is 45.3 Å². The van der Waals surface area contributed by atoms with E-state index in [1.807, 2.05) is 0 Å². The van der Waals surface area contributed by atoms with Crippen LogP contribution < -0.4 is 0 Å². The molecule has 0 atom stereocenters. The zero-order chi connectivity index (χ0) is 14.5. The summed E-state index contributed by atoms with van der Waals surface area (Å²) in [6.45, 7) is 7.11. The Morgan fingerprint density at radius 3 is 2.00 bits per heavy atom. The van der Waals surface area contributed by atoms with Crippen molar-refractivity contribution in [2.45, 2.75) is 57.4 Å². The first-order valence-electron chi connectivity index (χ1n) is 9.07. The number of carbonyl (C=O) groups is 1. The van der Waals surface area contributed by atoms with Crippen LogP contribution in [0, 0.1) is 0 Å². The zero-order valence-electron chi connectivity index (χ0n) is 13.4. The second-order valence-electron chi connectivity index (χ2n) is 7.05. The van der Waals surface area contributed by atoms with Gasteiger partial charge in [0, 0.05) is 45.3 Å². The van der Waals surface area contributed by atoms with Crippen LogP contribution in [-0.2, 0) is 4.79 Å². The van der Waals surface area contributed by atoms with E-state index in [4.69, 9.17) is 0 Å². The van der Waals surface area contributed by atoms with E-state index in [-0.39, 0.29) is 0 Å². The third-order valence-corrected chi connectivity index (χ3v) is 5.57. The monoisotopic (exact) mass is 293 g/mol. The van der Waals surface area contributed by atoms with Crippen LogP contribution in [0.1, 0.15) is 51.4 Å². The van der Waals surface area contributed by atoms with Crippen molar-refractivity contribution in [3.8, 4) is 0 Å². The summed E-state index contributed by atoms with van der Waals surface area (Å²) in [5, 5.41) is 0. The number of hydrogen-bond acceptors (Lipinski definition) is 3. The predicted octanol–water partition coefficient (Wildman–Crippen LogP) is 1.95. The number of amides is 1. The van der Waals surface area contributed by atoms with Crippen molar-refractivity contribution in [2.75, 3.05) is 45.8 Å². The van der Waals surface area contributed by atoms with Crippen LogP contribution in [0.15, 0.2) is 0 Å². The molecule has 2 aliphatic heterocycles. The van der Waals surface area contributed by atoms with E-state index in [1.165, 1.54) is 51.4 Å². The van der Waals surface area contributed by atoms with Crippen molar-refractivity contribution in [3.63, 3.8) is 0 Å². The molecule has 0 bridgehead atoms. The molecular formula is C17H31N3O. The summed E-state index contributed by atoms with van der Waals surface area (Å²) < 4.78 is 0. The lowest BCUT2D eigenvalue weighted by Gasteiger charge is -2.38. The molecule has 3 rings (SSSR count). The van der Waals surface area contributed by atoms with Crippen LogP contribution in [0.4, 0.5) is 0 Å². The summed E-state index contributed by atoms with van der Waals surface area (Å²) in [5.74, 6) is 0.367. The third-order valence-electron chi connectivity index (χ3n) is 5.57. The van der Waals surface area contributed by atoms with E-state index in [9.17, 15) is 4.79 Å². The Kier molecular flexibility index (Phi) is 5.53. The maximum Gasteiger partial charge on any atom is 0.236 e. The van der Waals surface area contributed by atoms with Crippen molar-refractivity contribution in [1.29, 1.82) is 0 Å². The summed E-state index contributed by atoms with van der Waals surface area (Å²) in [5.41, 5.74) is 0. The molecular weight excluding hydrogens is 262 g/mol. The van der Waals surface area contributed by atoms with Gasteiger partial charge in [0.05, 0.1) is 6.54 Å². The van der Waals surface area contributed by atoms with Crippen LogP contribution in [0.5, 0.6) is 0 Å². The average molecular weight is 293 g/mol. The summed E-state index contributed by atoms with van der Waals surface area (Å²) in [6.07, 6.45) is 10.6. The minimum absolute atomic E-state index is 0.367. The minimum atomic E-state index is 0.367. The van der Waals surface area contributed by atoms with Gasteiger partial charge in [-0.15, -0.1) is 0 Å². The highest BCUT2D eigenvalue weighted by Crippen LogP contribution is 2.24. The molecule has 21 heavy (non-hydrogen) atoms. The molecule has 120 valence electrons. The van der Waals surface area contributed by atoms with Crippen LogP contribution in [-0.4, -0.2) is 72.5 Å². The molecule has 0 N–H and O–H groups in total. The van der Waals surface area contributed by atoms with E-state index in [1.54, 1.807) is 0 Å². The molecule has 3 aliphatic rings. The van der Waals surface area contributed by atoms with Gasteiger partial charge in [0.1, 0.15) is 0 Å². The third kappa shape index (κ3) is 4.19. The number of hydrogen-bond donors (Lipinski definition) is 0. The Hall–Kier alpha value is -0.610. The molecule has 2 saturated heterocycles. The van der Waals surface area contributed by atoms with Crippen molar-refractivity contribution in [1.82, 2.24) is 14.7 Å². The molecule has 1 saturated carbocycles. The van der Waals surface area contributed by atoms with Gasteiger partial charge in [-0.1, -0.05) is 25.7 Å². The molecule has 4 heteroatoms. The molecule has 0 spiro atoms. The van der Waals surface area contributed by atoms with E-state index >= 15 is 0 Å². The molecule has 4 nitrogen and oxygen atoms in total. The molecule has 0 radical (unpaired) electrons. The predicted molar refractivity (Wildman–Crippen MR) is 85.3 cm³/mol. The highest BCUT2D eigenvalue weighted by Gasteiger charge is 2.27. The normalized spacial score (nSPS) is 27.0. The van der Waals surface area contributed by atoms with Gasteiger partial charge < -0.3 is 4.90 Å². The fourth-order valence-electron chi connectivity index (χ4n) is 4.17. The van der Waals surface area contributed by atoms with Crippen molar-refractivity contribution in [3.05, 3.63) is 0 Å².